The smallest absolute Gasteiger partial charge is 0.0991 e. The highest BCUT2D eigenvalue weighted by Gasteiger charge is 2.09. The number of aliphatic hydroxyl groups excluding tert-OH is 1. The summed E-state index contributed by atoms with van der Waals surface area (Å²) in [6.45, 7) is 1.72. The van der Waals surface area contributed by atoms with Gasteiger partial charge in [-0.15, -0.1) is 0 Å². The summed E-state index contributed by atoms with van der Waals surface area (Å²) in [5.74, 6) is 0. The molecule has 0 radical (unpaired) electrons. The van der Waals surface area contributed by atoms with Gasteiger partial charge in [0.25, 0.3) is 0 Å². The molecule has 0 spiro atoms. The Kier molecular flexibility index (Phi) is 3.17. The normalized spacial score (nSPS) is 11.8. The first kappa shape index (κ1) is 11.3. The average molecular weight is 224 g/mol. The highest BCUT2D eigenvalue weighted by Crippen LogP contribution is 2.27. The van der Waals surface area contributed by atoms with Crippen molar-refractivity contribution in [3.8, 4) is 17.2 Å². The van der Waals surface area contributed by atoms with Crippen molar-refractivity contribution in [3.05, 3.63) is 53.9 Å². The number of nitrogens with zero attached hydrogens (tertiary/aromatic N) is 2. The van der Waals surface area contributed by atoms with Gasteiger partial charge in [-0.25, -0.2) is 0 Å². The third-order valence-electron chi connectivity index (χ3n) is 2.63. The number of rotatable bonds is 2. The summed E-state index contributed by atoms with van der Waals surface area (Å²) < 4.78 is 0. The first-order valence-corrected chi connectivity index (χ1v) is 5.35. The van der Waals surface area contributed by atoms with E-state index in [0.29, 0.717) is 5.56 Å². The lowest BCUT2D eigenvalue weighted by atomic mass is 9.98. The van der Waals surface area contributed by atoms with Crippen molar-refractivity contribution in [3.63, 3.8) is 0 Å². The third kappa shape index (κ3) is 2.32. The first-order chi connectivity index (χ1) is 8.22. The van der Waals surface area contributed by atoms with E-state index in [1.807, 2.05) is 12.1 Å². The van der Waals surface area contributed by atoms with Crippen LogP contribution >= 0.6 is 0 Å². The number of aromatic nitrogens is 1. The molecule has 1 atom stereocenters. The van der Waals surface area contributed by atoms with Gasteiger partial charge in [0.15, 0.2) is 0 Å². The third-order valence-corrected chi connectivity index (χ3v) is 2.63. The zero-order valence-electron chi connectivity index (χ0n) is 9.46. The highest BCUT2D eigenvalue weighted by molar-refractivity contribution is 5.67. The van der Waals surface area contributed by atoms with E-state index in [0.717, 1.165) is 16.7 Å². The van der Waals surface area contributed by atoms with Crippen LogP contribution in [0, 0.1) is 11.3 Å². The van der Waals surface area contributed by atoms with Gasteiger partial charge < -0.3 is 5.11 Å². The highest BCUT2D eigenvalue weighted by atomic mass is 16.3. The Morgan fingerprint density at radius 2 is 1.94 bits per heavy atom. The van der Waals surface area contributed by atoms with Crippen LogP contribution < -0.4 is 0 Å². The predicted octanol–water partition coefficient (Wildman–Crippen LogP) is 2.67. The van der Waals surface area contributed by atoms with Crippen LogP contribution in [-0.2, 0) is 0 Å². The second-order valence-corrected chi connectivity index (χ2v) is 3.83. The lowest BCUT2D eigenvalue weighted by Gasteiger charge is -2.11. The van der Waals surface area contributed by atoms with Crippen molar-refractivity contribution >= 4 is 0 Å². The molecule has 1 N–H and O–H groups in total. The van der Waals surface area contributed by atoms with Gasteiger partial charge in [-0.05, 0) is 36.2 Å². The molecule has 1 aromatic carbocycles. The van der Waals surface area contributed by atoms with Crippen molar-refractivity contribution in [2.24, 2.45) is 0 Å². The minimum atomic E-state index is -0.538. The maximum Gasteiger partial charge on any atom is 0.0991 e. The van der Waals surface area contributed by atoms with Gasteiger partial charge in [-0.3, -0.25) is 4.98 Å². The van der Waals surface area contributed by atoms with Crippen LogP contribution in [0.1, 0.15) is 24.2 Å². The van der Waals surface area contributed by atoms with Crippen LogP contribution in [0.3, 0.4) is 0 Å². The molecule has 0 fully saturated rings. The predicted molar refractivity (Wildman–Crippen MR) is 65.0 cm³/mol. The second kappa shape index (κ2) is 4.77. The topological polar surface area (TPSA) is 56.9 Å². The first-order valence-electron chi connectivity index (χ1n) is 5.35. The zero-order valence-corrected chi connectivity index (χ0v) is 9.46. The largest absolute Gasteiger partial charge is 0.389 e. The molecule has 1 unspecified atom stereocenters. The molecule has 3 heteroatoms. The second-order valence-electron chi connectivity index (χ2n) is 3.83. The van der Waals surface area contributed by atoms with Crippen molar-refractivity contribution in [2.75, 3.05) is 0 Å². The lowest BCUT2D eigenvalue weighted by Crippen LogP contribution is -1.95. The van der Waals surface area contributed by atoms with Gasteiger partial charge in [0.05, 0.1) is 17.7 Å². The van der Waals surface area contributed by atoms with Crippen LogP contribution in [0.25, 0.3) is 11.1 Å². The molecule has 0 amide bonds. The summed E-state index contributed by atoms with van der Waals surface area (Å²) in [6.07, 6.45) is 2.85. The summed E-state index contributed by atoms with van der Waals surface area (Å²) in [5, 5.41) is 18.4. The van der Waals surface area contributed by atoms with Gasteiger partial charge in [0, 0.05) is 18.0 Å². The molecule has 2 rings (SSSR count). The monoisotopic (exact) mass is 224 g/mol. The average Bonchev–Trinajstić information content (AvgIpc) is 2.39. The van der Waals surface area contributed by atoms with Crippen LogP contribution in [0.2, 0.25) is 0 Å². The Labute approximate surface area is 100.0 Å². The zero-order chi connectivity index (χ0) is 12.3. The van der Waals surface area contributed by atoms with E-state index in [2.05, 4.69) is 11.1 Å². The summed E-state index contributed by atoms with van der Waals surface area (Å²) in [5.41, 5.74) is 3.31. The maximum absolute atomic E-state index is 9.69. The maximum atomic E-state index is 9.69. The Balaban J connectivity index is 2.49. The van der Waals surface area contributed by atoms with E-state index < -0.39 is 6.10 Å². The Hall–Kier alpha value is -2.18. The van der Waals surface area contributed by atoms with Gasteiger partial charge >= 0.3 is 0 Å². The molecule has 84 valence electrons. The Bertz CT molecular complexity index is 553. The van der Waals surface area contributed by atoms with Crippen molar-refractivity contribution in [1.82, 2.24) is 4.98 Å². The molecule has 17 heavy (non-hydrogen) atoms. The molecule has 1 heterocycles. The van der Waals surface area contributed by atoms with E-state index in [1.54, 1.807) is 37.5 Å². The molecular weight excluding hydrogens is 212 g/mol. The Morgan fingerprint density at radius 3 is 2.53 bits per heavy atom. The summed E-state index contributed by atoms with van der Waals surface area (Å²) in [7, 11) is 0. The number of aliphatic hydroxyl groups is 1. The standard InChI is InChI=1S/C14H12N2O/c1-10(17)13-6-7-16-9-14(13)12-4-2-11(8-15)3-5-12/h2-7,9-10,17H,1H3. The quantitative estimate of drug-likeness (QED) is 0.853. The van der Waals surface area contributed by atoms with Crippen LogP contribution in [-0.4, -0.2) is 10.1 Å². The van der Waals surface area contributed by atoms with Gasteiger partial charge in [-0.1, -0.05) is 12.1 Å². The number of hydrogen-bond donors (Lipinski definition) is 1. The number of hydrogen-bond acceptors (Lipinski definition) is 3. The van der Waals surface area contributed by atoms with Crippen molar-refractivity contribution < 1.29 is 5.11 Å². The summed E-state index contributed by atoms with van der Waals surface area (Å²) in [4.78, 5) is 4.07. The fourth-order valence-corrected chi connectivity index (χ4v) is 1.74. The molecule has 2 aromatic rings. The van der Waals surface area contributed by atoms with Gasteiger partial charge in [0.2, 0.25) is 0 Å². The molecular formula is C14H12N2O. The van der Waals surface area contributed by atoms with Crippen molar-refractivity contribution in [1.29, 1.82) is 5.26 Å². The molecule has 0 bridgehead atoms. The van der Waals surface area contributed by atoms with Crippen LogP contribution in [0.4, 0.5) is 0 Å². The summed E-state index contributed by atoms with van der Waals surface area (Å²) in [6, 6.07) is 11.1. The molecule has 3 nitrogen and oxygen atoms in total. The van der Waals surface area contributed by atoms with E-state index in [4.69, 9.17) is 5.26 Å². The number of benzene rings is 1. The molecule has 1 aromatic heterocycles. The lowest BCUT2D eigenvalue weighted by molar-refractivity contribution is 0.200. The van der Waals surface area contributed by atoms with E-state index in [-0.39, 0.29) is 0 Å². The molecule has 0 aliphatic rings. The van der Waals surface area contributed by atoms with E-state index in [9.17, 15) is 5.11 Å². The van der Waals surface area contributed by atoms with E-state index in [1.165, 1.54) is 0 Å². The van der Waals surface area contributed by atoms with Gasteiger partial charge in [-0.2, -0.15) is 5.26 Å². The Morgan fingerprint density at radius 1 is 1.24 bits per heavy atom. The minimum absolute atomic E-state index is 0.538. The molecule has 0 aliphatic heterocycles. The minimum Gasteiger partial charge on any atom is -0.389 e. The molecule has 0 aliphatic carbocycles. The molecule has 0 saturated carbocycles. The van der Waals surface area contributed by atoms with Crippen molar-refractivity contribution in [2.45, 2.75) is 13.0 Å². The number of nitriles is 1. The fourth-order valence-electron chi connectivity index (χ4n) is 1.74. The van der Waals surface area contributed by atoms with Crippen LogP contribution in [0.5, 0.6) is 0 Å². The van der Waals surface area contributed by atoms with E-state index >= 15 is 0 Å². The number of pyridine rings is 1. The fraction of sp³-hybridized carbons (Fsp3) is 0.143. The molecule has 0 saturated heterocycles. The SMILES string of the molecule is CC(O)c1ccncc1-c1ccc(C#N)cc1. The van der Waals surface area contributed by atoms with Gasteiger partial charge in [0.1, 0.15) is 0 Å². The van der Waals surface area contributed by atoms with Crippen LogP contribution in [0.15, 0.2) is 42.7 Å². The summed E-state index contributed by atoms with van der Waals surface area (Å²) >= 11 is 0.